The number of benzene rings is 1. The molecule has 1 aliphatic rings. The predicted octanol–water partition coefficient (Wildman–Crippen LogP) is 3.25. The highest BCUT2D eigenvalue weighted by Crippen LogP contribution is 2.29. The number of rotatable bonds is 8. The van der Waals surface area contributed by atoms with Crippen LogP contribution >= 0.6 is 0 Å². The van der Waals surface area contributed by atoms with Crippen LogP contribution in [0.4, 0.5) is 8.78 Å². The minimum Gasteiger partial charge on any atom is -0.480 e. The van der Waals surface area contributed by atoms with Crippen LogP contribution in [0.25, 0.3) is 11.3 Å². The van der Waals surface area contributed by atoms with Gasteiger partial charge in [0.2, 0.25) is 0 Å². The number of aliphatic carboxylic acids is 1. The second-order valence-electron chi connectivity index (χ2n) is 6.52. The molecule has 140 valence electrons. The van der Waals surface area contributed by atoms with Crippen LogP contribution in [0, 0.1) is 11.6 Å². The van der Waals surface area contributed by atoms with Crippen molar-refractivity contribution in [2.24, 2.45) is 0 Å². The lowest BCUT2D eigenvalue weighted by molar-refractivity contribution is -0.139. The minimum absolute atomic E-state index is 0.0592. The topological polar surface area (TPSA) is 65.7 Å². The Kier molecular flexibility index (Phi) is 5.68. The monoisotopic (exact) mass is 364 g/mol. The van der Waals surface area contributed by atoms with Gasteiger partial charge in [0, 0.05) is 12.1 Å². The second kappa shape index (κ2) is 7.97. The molecule has 0 atom stereocenters. The van der Waals surface area contributed by atoms with Gasteiger partial charge in [0.25, 0.3) is 0 Å². The quantitative estimate of drug-likeness (QED) is 0.753. The average Bonchev–Trinajstić information content (AvgIpc) is 3.00. The molecule has 0 radical (unpaired) electrons. The molecule has 1 fully saturated rings. The van der Waals surface area contributed by atoms with Crippen molar-refractivity contribution in [2.45, 2.75) is 38.4 Å². The SMILES string of the molecule is CCN(CC(=O)O)C1CC(NCc2ccc(-c3c(F)cccc3F)o2)C1. The van der Waals surface area contributed by atoms with E-state index < -0.39 is 17.6 Å². The molecule has 1 saturated carbocycles. The first-order valence-electron chi connectivity index (χ1n) is 8.70. The van der Waals surface area contributed by atoms with Gasteiger partial charge in [0.1, 0.15) is 23.2 Å². The van der Waals surface area contributed by atoms with Crippen molar-refractivity contribution >= 4 is 5.97 Å². The van der Waals surface area contributed by atoms with Gasteiger partial charge in [-0.2, -0.15) is 0 Å². The Balaban J connectivity index is 1.52. The van der Waals surface area contributed by atoms with Gasteiger partial charge >= 0.3 is 5.97 Å². The van der Waals surface area contributed by atoms with Crippen LogP contribution in [0.15, 0.2) is 34.7 Å². The fourth-order valence-electron chi connectivity index (χ4n) is 3.31. The molecule has 0 aliphatic heterocycles. The fraction of sp³-hybridized carbons (Fsp3) is 0.421. The second-order valence-corrected chi connectivity index (χ2v) is 6.52. The lowest BCUT2D eigenvalue weighted by Gasteiger charge is -2.42. The van der Waals surface area contributed by atoms with Crippen LogP contribution in [-0.4, -0.2) is 41.1 Å². The molecule has 5 nitrogen and oxygen atoms in total. The first kappa shape index (κ1) is 18.5. The molecule has 2 N–H and O–H groups in total. The molecule has 7 heteroatoms. The van der Waals surface area contributed by atoms with Crippen molar-refractivity contribution < 1.29 is 23.1 Å². The molecule has 1 aliphatic carbocycles. The van der Waals surface area contributed by atoms with Crippen molar-refractivity contribution in [1.82, 2.24) is 10.2 Å². The zero-order chi connectivity index (χ0) is 18.7. The van der Waals surface area contributed by atoms with Crippen molar-refractivity contribution in [3.8, 4) is 11.3 Å². The Bertz CT molecular complexity index is 752. The summed E-state index contributed by atoms with van der Waals surface area (Å²) in [5, 5.41) is 12.2. The Morgan fingerprint density at radius 3 is 2.58 bits per heavy atom. The third kappa shape index (κ3) is 4.11. The maximum absolute atomic E-state index is 13.8. The molecule has 0 bridgehead atoms. The summed E-state index contributed by atoms with van der Waals surface area (Å²) in [5.41, 5.74) is -0.158. The number of carbonyl (C=O) groups is 1. The first-order chi connectivity index (χ1) is 12.5. The molecule has 3 rings (SSSR count). The average molecular weight is 364 g/mol. The number of hydrogen-bond acceptors (Lipinski definition) is 4. The lowest BCUT2D eigenvalue weighted by atomic mass is 9.85. The van der Waals surface area contributed by atoms with Crippen LogP contribution in [0.2, 0.25) is 0 Å². The minimum atomic E-state index is -0.813. The summed E-state index contributed by atoms with van der Waals surface area (Å²) < 4.78 is 33.2. The molecule has 0 unspecified atom stereocenters. The van der Waals surface area contributed by atoms with Gasteiger partial charge < -0.3 is 14.8 Å². The van der Waals surface area contributed by atoms with Crippen LogP contribution in [0.3, 0.4) is 0 Å². The summed E-state index contributed by atoms with van der Waals surface area (Å²) in [6.45, 7) is 3.18. The van der Waals surface area contributed by atoms with E-state index in [1.54, 1.807) is 12.1 Å². The van der Waals surface area contributed by atoms with E-state index in [0.29, 0.717) is 18.8 Å². The Morgan fingerprint density at radius 2 is 1.96 bits per heavy atom. The normalized spacial score (nSPS) is 19.5. The third-order valence-corrected chi connectivity index (χ3v) is 4.81. The summed E-state index contributed by atoms with van der Waals surface area (Å²) in [6, 6.07) is 7.53. The molecule has 0 amide bonds. The maximum Gasteiger partial charge on any atom is 0.317 e. The molecule has 1 heterocycles. The number of hydrogen-bond donors (Lipinski definition) is 2. The van der Waals surface area contributed by atoms with Crippen molar-refractivity contribution in [1.29, 1.82) is 0 Å². The summed E-state index contributed by atoms with van der Waals surface area (Å²) in [6.07, 6.45) is 1.74. The largest absolute Gasteiger partial charge is 0.480 e. The number of furan rings is 1. The highest BCUT2D eigenvalue weighted by atomic mass is 19.1. The van der Waals surface area contributed by atoms with Crippen molar-refractivity contribution in [3.05, 3.63) is 47.7 Å². The van der Waals surface area contributed by atoms with Crippen LogP contribution in [0.5, 0.6) is 0 Å². The third-order valence-electron chi connectivity index (χ3n) is 4.81. The molecular formula is C19H22F2N2O3. The highest BCUT2D eigenvalue weighted by Gasteiger charge is 2.33. The van der Waals surface area contributed by atoms with Gasteiger partial charge in [-0.1, -0.05) is 13.0 Å². The number of carboxylic acid groups (broad SMARTS) is 1. The van der Waals surface area contributed by atoms with Crippen molar-refractivity contribution in [3.63, 3.8) is 0 Å². The summed E-state index contributed by atoms with van der Waals surface area (Å²) in [5.74, 6) is -1.35. The van der Waals surface area contributed by atoms with Gasteiger partial charge in [-0.05, 0) is 43.7 Å². The zero-order valence-electron chi connectivity index (χ0n) is 14.5. The van der Waals surface area contributed by atoms with Crippen LogP contribution in [-0.2, 0) is 11.3 Å². The highest BCUT2D eigenvalue weighted by molar-refractivity contribution is 5.69. The molecule has 2 aromatic rings. The Morgan fingerprint density at radius 1 is 1.27 bits per heavy atom. The number of nitrogens with one attached hydrogen (secondary N) is 1. The van der Waals surface area contributed by atoms with Gasteiger partial charge in [-0.3, -0.25) is 9.69 Å². The smallest absolute Gasteiger partial charge is 0.317 e. The molecule has 1 aromatic carbocycles. The number of likely N-dealkylation sites (N-methyl/N-ethyl adjacent to an activating group) is 1. The van der Waals surface area contributed by atoms with E-state index in [4.69, 9.17) is 9.52 Å². The van der Waals surface area contributed by atoms with E-state index in [1.807, 2.05) is 11.8 Å². The van der Waals surface area contributed by atoms with Crippen molar-refractivity contribution in [2.75, 3.05) is 13.1 Å². The van der Waals surface area contributed by atoms with E-state index >= 15 is 0 Å². The first-order valence-corrected chi connectivity index (χ1v) is 8.70. The molecule has 1 aromatic heterocycles. The van der Waals surface area contributed by atoms with Crippen LogP contribution in [0.1, 0.15) is 25.5 Å². The van der Waals surface area contributed by atoms with Crippen LogP contribution < -0.4 is 5.32 Å². The molecular weight excluding hydrogens is 342 g/mol. The maximum atomic E-state index is 13.8. The number of carboxylic acids is 1. The standard InChI is InChI=1S/C19H22F2N2O3/c1-2-23(11-18(24)25)13-8-12(9-13)22-10-14-6-7-17(26-14)19-15(20)4-3-5-16(19)21/h3-7,12-13,22H,2,8-11H2,1H3,(H,24,25). The van der Waals surface area contributed by atoms with Gasteiger partial charge in [0.15, 0.2) is 0 Å². The molecule has 0 saturated heterocycles. The summed E-state index contributed by atoms with van der Waals surface area (Å²) in [4.78, 5) is 12.8. The van der Waals surface area contributed by atoms with E-state index in [0.717, 1.165) is 12.8 Å². The van der Waals surface area contributed by atoms with E-state index in [9.17, 15) is 13.6 Å². The van der Waals surface area contributed by atoms with Gasteiger partial charge in [0.05, 0.1) is 18.7 Å². The lowest BCUT2D eigenvalue weighted by Crippen LogP contribution is -2.53. The Hall–Kier alpha value is -2.25. The molecule has 0 spiro atoms. The Labute approximate surface area is 150 Å². The molecule has 26 heavy (non-hydrogen) atoms. The summed E-state index contributed by atoms with van der Waals surface area (Å²) >= 11 is 0. The predicted molar refractivity (Wildman–Crippen MR) is 92.6 cm³/mol. The fourth-order valence-corrected chi connectivity index (χ4v) is 3.31. The van der Waals surface area contributed by atoms with E-state index in [1.165, 1.54) is 18.2 Å². The van der Waals surface area contributed by atoms with Gasteiger partial charge in [-0.15, -0.1) is 0 Å². The summed E-state index contributed by atoms with van der Waals surface area (Å²) in [7, 11) is 0. The zero-order valence-corrected chi connectivity index (χ0v) is 14.5. The van der Waals surface area contributed by atoms with E-state index in [2.05, 4.69) is 5.32 Å². The van der Waals surface area contributed by atoms with E-state index in [-0.39, 0.29) is 30.0 Å². The van der Waals surface area contributed by atoms with Gasteiger partial charge in [-0.25, -0.2) is 8.78 Å². The number of nitrogens with zero attached hydrogens (tertiary/aromatic N) is 1. The number of halogens is 2.